The fourth-order valence-corrected chi connectivity index (χ4v) is 2.53. The molecule has 3 fully saturated rings. The van der Waals surface area contributed by atoms with E-state index in [4.69, 9.17) is 5.73 Å². The van der Waals surface area contributed by atoms with Crippen LogP contribution >= 0.6 is 0 Å². The molecule has 1 saturated carbocycles. The molecule has 0 spiro atoms. The van der Waals surface area contributed by atoms with Crippen molar-refractivity contribution >= 4 is 0 Å². The van der Waals surface area contributed by atoms with Gasteiger partial charge in [0.2, 0.25) is 0 Å². The van der Waals surface area contributed by atoms with Gasteiger partial charge in [-0.1, -0.05) is 12.2 Å². The highest BCUT2D eigenvalue weighted by Gasteiger charge is 2.43. The van der Waals surface area contributed by atoms with E-state index < -0.39 is 0 Å². The van der Waals surface area contributed by atoms with Crippen LogP contribution < -0.4 is 5.73 Å². The van der Waals surface area contributed by atoms with Gasteiger partial charge in [0, 0.05) is 25.7 Å². The van der Waals surface area contributed by atoms with Crippen LogP contribution in [0.1, 0.15) is 13.3 Å². The molecule has 2 heteroatoms. The summed E-state index contributed by atoms with van der Waals surface area (Å²) >= 11 is 0. The van der Waals surface area contributed by atoms with Crippen molar-refractivity contribution in [3.05, 3.63) is 12.2 Å². The maximum absolute atomic E-state index is 5.97. The number of fused-ring (bicyclic) bond motifs is 2. The first-order valence-electron chi connectivity index (χ1n) is 4.79. The molecule has 3 aliphatic rings. The Morgan fingerprint density at radius 2 is 2.08 bits per heavy atom. The maximum atomic E-state index is 5.97. The van der Waals surface area contributed by atoms with Crippen molar-refractivity contribution in [1.82, 2.24) is 4.90 Å². The van der Waals surface area contributed by atoms with Gasteiger partial charge in [0.05, 0.1) is 0 Å². The Morgan fingerprint density at radius 1 is 1.50 bits per heavy atom. The van der Waals surface area contributed by atoms with E-state index in [9.17, 15) is 0 Å². The van der Waals surface area contributed by atoms with E-state index in [0.717, 1.165) is 18.4 Å². The largest absolute Gasteiger partial charge is 0.327 e. The average molecular weight is 166 g/mol. The topological polar surface area (TPSA) is 29.3 Å². The summed E-state index contributed by atoms with van der Waals surface area (Å²) in [5.74, 6) is 1.56. The van der Waals surface area contributed by atoms with Crippen LogP contribution in [0.25, 0.3) is 0 Å². The molecule has 2 unspecified atom stereocenters. The lowest BCUT2D eigenvalue weighted by molar-refractivity contribution is 0.00787. The van der Waals surface area contributed by atoms with Crippen molar-refractivity contribution < 1.29 is 0 Å². The second kappa shape index (κ2) is 2.86. The first-order chi connectivity index (χ1) is 5.66. The van der Waals surface area contributed by atoms with Crippen molar-refractivity contribution in [2.45, 2.75) is 19.4 Å². The molecule has 2 N–H and O–H groups in total. The lowest BCUT2D eigenvalue weighted by Crippen LogP contribution is -2.62. The fourth-order valence-electron chi connectivity index (χ4n) is 2.53. The Bertz CT molecular complexity index is 188. The molecular weight excluding hydrogens is 148 g/mol. The van der Waals surface area contributed by atoms with Crippen LogP contribution in [0.15, 0.2) is 12.2 Å². The molecule has 0 amide bonds. The number of nitrogens with two attached hydrogens (primary N) is 1. The second-order valence-corrected chi connectivity index (χ2v) is 4.48. The molecule has 3 rings (SSSR count). The summed E-state index contributed by atoms with van der Waals surface area (Å²) in [6.07, 6.45) is 1.37. The average Bonchev–Trinajstić information content (AvgIpc) is 2.02. The van der Waals surface area contributed by atoms with Gasteiger partial charge in [-0.2, -0.15) is 0 Å². The predicted molar refractivity (Wildman–Crippen MR) is 50.8 cm³/mol. The third-order valence-corrected chi connectivity index (χ3v) is 3.17. The highest BCUT2D eigenvalue weighted by molar-refractivity contribution is 5.03. The van der Waals surface area contributed by atoms with Gasteiger partial charge in [0.25, 0.3) is 0 Å². The van der Waals surface area contributed by atoms with Crippen molar-refractivity contribution in [1.29, 1.82) is 0 Å². The Morgan fingerprint density at radius 3 is 2.50 bits per heavy atom. The number of piperidine rings is 2. The zero-order valence-corrected chi connectivity index (χ0v) is 7.79. The molecular formula is C10H18N2. The summed E-state index contributed by atoms with van der Waals surface area (Å²) in [6, 6.07) is 0.506. The van der Waals surface area contributed by atoms with Gasteiger partial charge >= 0.3 is 0 Å². The van der Waals surface area contributed by atoms with Crippen LogP contribution in [0, 0.1) is 11.8 Å². The van der Waals surface area contributed by atoms with Crippen LogP contribution in [0.2, 0.25) is 0 Å². The standard InChI is InChI=1S/C10H18N2/c1-7(2)4-12-5-8-3-9(6-12)10(8)11/h8-10H,1,3-6,11H2,2H3. The highest BCUT2D eigenvalue weighted by Crippen LogP contribution is 2.38. The second-order valence-electron chi connectivity index (χ2n) is 4.48. The molecule has 0 aromatic rings. The summed E-state index contributed by atoms with van der Waals surface area (Å²) in [7, 11) is 0. The van der Waals surface area contributed by atoms with Gasteiger partial charge in [0.1, 0.15) is 0 Å². The number of hydrogen-bond acceptors (Lipinski definition) is 2. The number of nitrogens with zero attached hydrogens (tertiary/aromatic N) is 1. The quantitative estimate of drug-likeness (QED) is 0.616. The summed E-state index contributed by atoms with van der Waals surface area (Å²) in [5, 5.41) is 0. The van der Waals surface area contributed by atoms with E-state index in [1.165, 1.54) is 25.1 Å². The predicted octanol–water partition coefficient (Wildman–Crippen LogP) is 0.841. The molecule has 0 aromatic heterocycles. The maximum Gasteiger partial charge on any atom is 0.0187 e. The third kappa shape index (κ3) is 1.29. The SMILES string of the molecule is C=C(C)CN1CC2CC(C1)C2N. The zero-order valence-electron chi connectivity index (χ0n) is 7.79. The first kappa shape index (κ1) is 8.27. The van der Waals surface area contributed by atoms with E-state index in [2.05, 4.69) is 18.4 Å². The number of rotatable bonds is 2. The van der Waals surface area contributed by atoms with E-state index in [0.29, 0.717) is 6.04 Å². The molecule has 2 saturated heterocycles. The molecule has 2 atom stereocenters. The van der Waals surface area contributed by atoms with E-state index in [1.807, 2.05) is 0 Å². The Hall–Kier alpha value is -0.340. The van der Waals surface area contributed by atoms with Gasteiger partial charge in [-0.3, -0.25) is 4.90 Å². The molecule has 2 heterocycles. The summed E-state index contributed by atoms with van der Waals surface area (Å²) < 4.78 is 0. The Kier molecular flexibility index (Phi) is 1.97. The van der Waals surface area contributed by atoms with Crippen LogP contribution in [-0.2, 0) is 0 Å². The fraction of sp³-hybridized carbons (Fsp3) is 0.800. The molecule has 1 aliphatic carbocycles. The van der Waals surface area contributed by atoms with Crippen molar-refractivity contribution in [2.24, 2.45) is 17.6 Å². The Balaban J connectivity index is 1.86. The molecule has 2 bridgehead atoms. The van der Waals surface area contributed by atoms with Crippen LogP contribution in [0.5, 0.6) is 0 Å². The van der Waals surface area contributed by atoms with Crippen molar-refractivity contribution in [3.8, 4) is 0 Å². The molecule has 2 aliphatic heterocycles. The van der Waals surface area contributed by atoms with Crippen molar-refractivity contribution in [2.75, 3.05) is 19.6 Å². The third-order valence-electron chi connectivity index (χ3n) is 3.17. The first-order valence-corrected chi connectivity index (χ1v) is 4.79. The summed E-state index contributed by atoms with van der Waals surface area (Å²) in [5.41, 5.74) is 7.24. The summed E-state index contributed by atoms with van der Waals surface area (Å²) in [4.78, 5) is 2.49. The highest BCUT2D eigenvalue weighted by atomic mass is 15.2. The lowest BCUT2D eigenvalue weighted by Gasteiger charge is -2.52. The minimum atomic E-state index is 0.506. The zero-order chi connectivity index (χ0) is 8.72. The van der Waals surface area contributed by atoms with Crippen LogP contribution in [0.4, 0.5) is 0 Å². The van der Waals surface area contributed by atoms with E-state index >= 15 is 0 Å². The van der Waals surface area contributed by atoms with Crippen LogP contribution in [-0.4, -0.2) is 30.6 Å². The normalized spacial score (nSPS) is 40.7. The summed E-state index contributed by atoms with van der Waals surface area (Å²) in [6.45, 7) is 9.50. The Labute approximate surface area is 74.4 Å². The minimum Gasteiger partial charge on any atom is -0.327 e. The van der Waals surface area contributed by atoms with E-state index in [1.54, 1.807) is 0 Å². The van der Waals surface area contributed by atoms with Gasteiger partial charge in [0.15, 0.2) is 0 Å². The van der Waals surface area contributed by atoms with Gasteiger partial charge < -0.3 is 5.73 Å². The molecule has 12 heavy (non-hydrogen) atoms. The molecule has 2 nitrogen and oxygen atoms in total. The molecule has 0 aromatic carbocycles. The minimum absolute atomic E-state index is 0.506. The van der Waals surface area contributed by atoms with Gasteiger partial charge in [-0.15, -0.1) is 0 Å². The van der Waals surface area contributed by atoms with Gasteiger partial charge in [-0.05, 0) is 25.2 Å². The van der Waals surface area contributed by atoms with E-state index in [-0.39, 0.29) is 0 Å². The number of hydrogen-bond donors (Lipinski definition) is 1. The molecule has 0 radical (unpaired) electrons. The van der Waals surface area contributed by atoms with Crippen molar-refractivity contribution in [3.63, 3.8) is 0 Å². The smallest absolute Gasteiger partial charge is 0.0187 e. The van der Waals surface area contributed by atoms with Gasteiger partial charge in [-0.25, -0.2) is 0 Å². The monoisotopic (exact) mass is 166 g/mol. The molecule has 68 valence electrons. The lowest BCUT2D eigenvalue weighted by atomic mass is 9.67. The van der Waals surface area contributed by atoms with Crippen LogP contribution in [0.3, 0.4) is 0 Å².